The number of aliphatic carboxylic acids is 1. The molecule has 0 aromatic carbocycles. The molecule has 14 heavy (non-hydrogen) atoms. The van der Waals surface area contributed by atoms with E-state index in [4.69, 9.17) is 9.63 Å². The van der Waals surface area contributed by atoms with Gasteiger partial charge in [-0.3, -0.25) is 10.1 Å². The minimum Gasteiger partial charge on any atom is -0.480 e. The number of nitrogens with one attached hydrogen (secondary N) is 1. The van der Waals surface area contributed by atoms with Crippen LogP contribution in [-0.4, -0.2) is 22.3 Å². The molecular formula is C9H14N2O3. The molecule has 0 fully saturated rings. The van der Waals surface area contributed by atoms with Gasteiger partial charge in [0, 0.05) is 6.07 Å². The van der Waals surface area contributed by atoms with E-state index in [1.54, 1.807) is 6.07 Å². The molecule has 5 nitrogen and oxygen atoms in total. The van der Waals surface area contributed by atoms with Crippen molar-refractivity contribution in [3.63, 3.8) is 0 Å². The standard InChI is InChI=1S/C9H14N2O3/c1-3-8(9(12)13)10-5-7-4-6(2)11-14-7/h4,8,10H,3,5H2,1-2H3,(H,12,13). The van der Waals surface area contributed by atoms with Gasteiger partial charge in [0.05, 0.1) is 12.2 Å². The molecule has 0 spiro atoms. The summed E-state index contributed by atoms with van der Waals surface area (Å²) in [5, 5.41) is 15.3. The average Bonchev–Trinajstić information content (AvgIpc) is 2.52. The van der Waals surface area contributed by atoms with Crippen LogP contribution in [0.2, 0.25) is 0 Å². The quantitative estimate of drug-likeness (QED) is 0.736. The SMILES string of the molecule is CCC(NCc1cc(C)no1)C(=O)O. The first-order valence-electron chi connectivity index (χ1n) is 4.52. The second kappa shape index (κ2) is 4.76. The van der Waals surface area contributed by atoms with Crippen LogP contribution in [0.25, 0.3) is 0 Å². The second-order valence-electron chi connectivity index (χ2n) is 3.11. The number of carboxylic acids is 1. The van der Waals surface area contributed by atoms with Gasteiger partial charge in [0.25, 0.3) is 0 Å². The Morgan fingerprint density at radius 2 is 2.50 bits per heavy atom. The number of hydrogen-bond acceptors (Lipinski definition) is 4. The molecule has 5 heteroatoms. The Bertz CT molecular complexity index is 309. The minimum absolute atomic E-state index is 0.394. The van der Waals surface area contributed by atoms with Crippen LogP contribution in [0.5, 0.6) is 0 Å². The summed E-state index contributed by atoms with van der Waals surface area (Å²) in [6.07, 6.45) is 0.544. The molecule has 1 unspecified atom stereocenters. The maximum atomic E-state index is 10.6. The maximum absolute atomic E-state index is 10.6. The molecule has 1 aromatic rings. The van der Waals surface area contributed by atoms with Gasteiger partial charge in [-0.15, -0.1) is 0 Å². The molecule has 78 valence electrons. The van der Waals surface area contributed by atoms with Crippen LogP contribution >= 0.6 is 0 Å². The minimum atomic E-state index is -0.844. The summed E-state index contributed by atoms with van der Waals surface area (Å²) in [5.41, 5.74) is 0.796. The van der Waals surface area contributed by atoms with Crippen molar-refractivity contribution in [2.45, 2.75) is 32.9 Å². The third-order valence-corrected chi connectivity index (χ3v) is 1.91. The topological polar surface area (TPSA) is 75.4 Å². The molecule has 0 aliphatic heterocycles. The molecule has 0 radical (unpaired) electrons. The molecule has 0 aliphatic carbocycles. The Morgan fingerprint density at radius 3 is 2.93 bits per heavy atom. The fourth-order valence-corrected chi connectivity index (χ4v) is 1.13. The van der Waals surface area contributed by atoms with E-state index in [1.807, 2.05) is 13.8 Å². The molecule has 0 aliphatic rings. The van der Waals surface area contributed by atoms with Crippen molar-refractivity contribution in [2.75, 3.05) is 0 Å². The van der Waals surface area contributed by atoms with Crippen LogP contribution in [0.4, 0.5) is 0 Å². The van der Waals surface area contributed by atoms with E-state index in [0.29, 0.717) is 18.7 Å². The van der Waals surface area contributed by atoms with E-state index in [2.05, 4.69) is 10.5 Å². The van der Waals surface area contributed by atoms with Crippen LogP contribution in [-0.2, 0) is 11.3 Å². The van der Waals surface area contributed by atoms with Gasteiger partial charge in [-0.1, -0.05) is 12.1 Å². The summed E-state index contributed by atoms with van der Waals surface area (Å²) < 4.78 is 4.93. The fourth-order valence-electron chi connectivity index (χ4n) is 1.13. The van der Waals surface area contributed by atoms with Gasteiger partial charge in [0.2, 0.25) is 0 Å². The van der Waals surface area contributed by atoms with Crippen molar-refractivity contribution in [1.29, 1.82) is 0 Å². The molecule has 0 bridgehead atoms. The predicted octanol–water partition coefficient (Wildman–Crippen LogP) is 0.936. The summed E-state index contributed by atoms with van der Waals surface area (Å²) >= 11 is 0. The Kier molecular flexibility index (Phi) is 3.64. The van der Waals surface area contributed by atoms with E-state index >= 15 is 0 Å². The number of carbonyl (C=O) groups is 1. The summed E-state index contributed by atoms with van der Waals surface area (Å²) in [6.45, 7) is 4.03. The average molecular weight is 198 g/mol. The van der Waals surface area contributed by atoms with Gasteiger partial charge in [0.15, 0.2) is 5.76 Å². The Morgan fingerprint density at radius 1 is 1.79 bits per heavy atom. The van der Waals surface area contributed by atoms with Gasteiger partial charge < -0.3 is 9.63 Å². The van der Waals surface area contributed by atoms with E-state index < -0.39 is 12.0 Å². The molecule has 2 N–H and O–H groups in total. The zero-order valence-electron chi connectivity index (χ0n) is 8.28. The van der Waals surface area contributed by atoms with Crippen LogP contribution in [0.15, 0.2) is 10.6 Å². The number of aryl methyl sites for hydroxylation is 1. The summed E-state index contributed by atoms with van der Waals surface area (Å²) in [5.74, 6) is -0.189. The van der Waals surface area contributed by atoms with E-state index in [9.17, 15) is 4.79 Å². The van der Waals surface area contributed by atoms with E-state index in [1.165, 1.54) is 0 Å². The van der Waals surface area contributed by atoms with Crippen molar-refractivity contribution in [3.8, 4) is 0 Å². The molecule has 0 amide bonds. The number of hydrogen-bond donors (Lipinski definition) is 2. The summed E-state index contributed by atoms with van der Waals surface area (Å²) in [7, 11) is 0. The van der Waals surface area contributed by atoms with Gasteiger partial charge >= 0.3 is 5.97 Å². The van der Waals surface area contributed by atoms with Crippen LogP contribution < -0.4 is 5.32 Å². The maximum Gasteiger partial charge on any atom is 0.320 e. The molecule has 1 aromatic heterocycles. The molecule has 1 heterocycles. The number of aromatic nitrogens is 1. The fraction of sp³-hybridized carbons (Fsp3) is 0.556. The third-order valence-electron chi connectivity index (χ3n) is 1.91. The summed E-state index contributed by atoms with van der Waals surface area (Å²) in [6, 6.07) is 1.25. The Balaban J connectivity index is 2.43. The molecule has 1 rings (SSSR count). The molecule has 1 atom stereocenters. The van der Waals surface area contributed by atoms with E-state index in [0.717, 1.165) is 5.69 Å². The van der Waals surface area contributed by atoms with Gasteiger partial charge in [-0.25, -0.2) is 0 Å². The lowest BCUT2D eigenvalue weighted by Crippen LogP contribution is -2.35. The second-order valence-corrected chi connectivity index (χ2v) is 3.11. The van der Waals surface area contributed by atoms with Crippen LogP contribution in [0.3, 0.4) is 0 Å². The van der Waals surface area contributed by atoms with Crippen molar-refractivity contribution in [1.82, 2.24) is 10.5 Å². The third kappa shape index (κ3) is 2.85. The molecule has 0 saturated carbocycles. The first kappa shape index (κ1) is 10.7. The Labute approximate surface area is 82.1 Å². The van der Waals surface area contributed by atoms with E-state index in [-0.39, 0.29) is 0 Å². The van der Waals surface area contributed by atoms with Gasteiger partial charge in [-0.05, 0) is 13.3 Å². The highest BCUT2D eigenvalue weighted by Crippen LogP contribution is 2.02. The Hall–Kier alpha value is -1.36. The van der Waals surface area contributed by atoms with Crippen LogP contribution in [0.1, 0.15) is 24.8 Å². The van der Waals surface area contributed by atoms with Crippen molar-refractivity contribution in [2.24, 2.45) is 0 Å². The molecule has 0 saturated heterocycles. The largest absolute Gasteiger partial charge is 0.480 e. The first-order valence-corrected chi connectivity index (χ1v) is 4.52. The first-order chi connectivity index (χ1) is 6.63. The highest BCUT2D eigenvalue weighted by molar-refractivity contribution is 5.73. The van der Waals surface area contributed by atoms with Crippen molar-refractivity contribution < 1.29 is 14.4 Å². The lowest BCUT2D eigenvalue weighted by atomic mass is 10.2. The zero-order chi connectivity index (χ0) is 10.6. The van der Waals surface area contributed by atoms with Crippen molar-refractivity contribution >= 4 is 5.97 Å². The van der Waals surface area contributed by atoms with Gasteiger partial charge in [-0.2, -0.15) is 0 Å². The summed E-state index contributed by atoms with van der Waals surface area (Å²) in [4.78, 5) is 10.6. The molecular weight excluding hydrogens is 184 g/mol. The number of rotatable bonds is 5. The number of nitrogens with zero attached hydrogens (tertiary/aromatic N) is 1. The highest BCUT2D eigenvalue weighted by atomic mass is 16.5. The predicted molar refractivity (Wildman–Crippen MR) is 49.8 cm³/mol. The zero-order valence-corrected chi connectivity index (χ0v) is 8.28. The monoisotopic (exact) mass is 198 g/mol. The highest BCUT2D eigenvalue weighted by Gasteiger charge is 2.14. The number of carboxylic acid groups (broad SMARTS) is 1. The van der Waals surface area contributed by atoms with Gasteiger partial charge in [0.1, 0.15) is 6.04 Å². The smallest absolute Gasteiger partial charge is 0.320 e. The lowest BCUT2D eigenvalue weighted by Gasteiger charge is -2.09. The normalized spacial score (nSPS) is 12.7. The lowest BCUT2D eigenvalue weighted by molar-refractivity contribution is -0.139. The van der Waals surface area contributed by atoms with Crippen molar-refractivity contribution in [3.05, 3.63) is 17.5 Å². The van der Waals surface area contributed by atoms with Crippen LogP contribution in [0, 0.1) is 6.92 Å².